The molecule has 2 heterocycles. The Morgan fingerprint density at radius 1 is 1.24 bits per heavy atom. The summed E-state index contributed by atoms with van der Waals surface area (Å²) in [5, 5.41) is 5.61. The van der Waals surface area contributed by atoms with E-state index in [1.54, 1.807) is 17.5 Å². The SMILES string of the molecule is CC(C)CN(CC(=O)Nc1nc(CC(=O)N2CCC(C)CC2)cs1)C(=O)c1ccc(Cl)cc1Cl. The van der Waals surface area contributed by atoms with E-state index in [-0.39, 0.29) is 41.6 Å². The van der Waals surface area contributed by atoms with Gasteiger partial charge in [0, 0.05) is 30.0 Å². The Balaban J connectivity index is 1.59. The maximum absolute atomic E-state index is 13.1. The Labute approximate surface area is 214 Å². The summed E-state index contributed by atoms with van der Waals surface area (Å²) in [6.45, 7) is 7.95. The predicted octanol–water partition coefficient (Wildman–Crippen LogP) is 4.99. The molecule has 0 atom stereocenters. The molecule has 0 bridgehead atoms. The maximum atomic E-state index is 13.1. The van der Waals surface area contributed by atoms with Gasteiger partial charge in [-0.2, -0.15) is 0 Å². The summed E-state index contributed by atoms with van der Waals surface area (Å²) >= 11 is 13.4. The van der Waals surface area contributed by atoms with E-state index in [1.807, 2.05) is 18.7 Å². The van der Waals surface area contributed by atoms with Crippen LogP contribution in [0, 0.1) is 11.8 Å². The van der Waals surface area contributed by atoms with Crippen LogP contribution in [0.3, 0.4) is 0 Å². The molecule has 1 aromatic heterocycles. The van der Waals surface area contributed by atoms with Crippen LogP contribution >= 0.6 is 34.5 Å². The lowest BCUT2D eigenvalue weighted by Crippen LogP contribution is -2.40. The molecule has 3 rings (SSSR count). The maximum Gasteiger partial charge on any atom is 0.255 e. The van der Waals surface area contributed by atoms with Crippen LogP contribution in [-0.2, 0) is 16.0 Å². The molecular weight excluding hydrogens is 495 g/mol. The zero-order chi connectivity index (χ0) is 24.8. The number of nitrogens with zero attached hydrogens (tertiary/aromatic N) is 3. The van der Waals surface area contributed by atoms with Gasteiger partial charge in [-0.15, -0.1) is 11.3 Å². The van der Waals surface area contributed by atoms with Crippen LogP contribution in [0.5, 0.6) is 0 Å². The molecule has 1 aliphatic rings. The van der Waals surface area contributed by atoms with E-state index in [0.717, 1.165) is 25.9 Å². The van der Waals surface area contributed by atoms with E-state index in [9.17, 15) is 14.4 Å². The smallest absolute Gasteiger partial charge is 0.255 e. The third-order valence-corrected chi connectivity index (χ3v) is 6.99. The Bertz CT molecular complexity index is 1030. The van der Waals surface area contributed by atoms with Gasteiger partial charge in [-0.3, -0.25) is 14.4 Å². The summed E-state index contributed by atoms with van der Waals surface area (Å²) in [4.78, 5) is 46.1. The number of anilines is 1. The number of amides is 3. The molecule has 0 unspecified atom stereocenters. The number of piperidine rings is 1. The van der Waals surface area contributed by atoms with Gasteiger partial charge in [0.15, 0.2) is 5.13 Å². The van der Waals surface area contributed by atoms with E-state index >= 15 is 0 Å². The fourth-order valence-electron chi connectivity index (χ4n) is 3.80. The third kappa shape index (κ3) is 7.42. The number of carbonyl (C=O) groups is 3. The first-order chi connectivity index (χ1) is 16.1. The van der Waals surface area contributed by atoms with Crippen LogP contribution in [0.25, 0.3) is 0 Å². The van der Waals surface area contributed by atoms with Crippen molar-refractivity contribution in [2.24, 2.45) is 11.8 Å². The van der Waals surface area contributed by atoms with Gasteiger partial charge in [0.05, 0.1) is 22.7 Å². The normalized spacial score (nSPS) is 14.4. The second-order valence-corrected chi connectivity index (χ2v) is 10.8. The standard InChI is InChI=1S/C24H30Cl2N4O3S/c1-15(2)12-30(23(33)19-5-4-17(25)10-20(19)26)13-21(31)28-24-27-18(14-34-24)11-22(32)29-8-6-16(3)7-9-29/h4-5,10,14-16H,6-9,11-13H2,1-3H3,(H,27,28,31). The Morgan fingerprint density at radius 2 is 1.94 bits per heavy atom. The molecule has 1 aliphatic heterocycles. The van der Waals surface area contributed by atoms with Gasteiger partial charge in [-0.1, -0.05) is 44.0 Å². The minimum atomic E-state index is -0.365. The van der Waals surface area contributed by atoms with Crippen LogP contribution in [0.1, 0.15) is 49.7 Å². The number of hydrogen-bond acceptors (Lipinski definition) is 5. The van der Waals surface area contributed by atoms with Gasteiger partial charge in [0.2, 0.25) is 11.8 Å². The van der Waals surface area contributed by atoms with Crippen LogP contribution in [0.4, 0.5) is 5.13 Å². The van der Waals surface area contributed by atoms with E-state index in [4.69, 9.17) is 23.2 Å². The average Bonchev–Trinajstić information content (AvgIpc) is 3.19. The van der Waals surface area contributed by atoms with Crippen molar-refractivity contribution >= 4 is 57.4 Å². The first kappa shape index (κ1) is 26.4. The monoisotopic (exact) mass is 524 g/mol. The molecule has 1 N–H and O–H groups in total. The van der Waals surface area contributed by atoms with E-state index < -0.39 is 0 Å². The fourth-order valence-corrected chi connectivity index (χ4v) is 5.01. The van der Waals surface area contributed by atoms with Crippen molar-refractivity contribution in [3.8, 4) is 0 Å². The molecular formula is C24H30Cl2N4O3S. The van der Waals surface area contributed by atoms with Gasteiger partial charge in [0.1, 0.15) is 6.54 Å². The second kappa shape index (κ2) is 12.0. The van der Waals surface area contributed by atoms with Crippen molar-refractivity contribution in [3.05, 3.63) is 44.9 Å². The number of carbonyl (C=O) groups excluding carboxylic acids is 3. The number of rotatable bonds is 8. The molecule has 0 radical (unpaired) electrons. The third-order valence-electron chi connectivity index (χ3n) is 5.64. The average molecular weight is 526 g/mol. The molecule has 0 aliphatic carbocycles. The van der Waals surface area contributed by atoms with Crippen LogP contribution in [-0.4, -0.2) is 58.7 Å². The number of likely N-dealkylation sites (tertiary alicyclic amines) is 1. The topological polar surface area (TPSA) is 82.6 Å². The number of hydrogen-bond donors (Lipinski definition) is 1. The van der Waals surface area contributed by atoms with E-state index in [1.165, 1.54) is 22.3 Å². The van der Waals surface area contributed by atoms with Gasteiger partial charge in [0.25, 0.3) is 5.91 Å². The Hall–Kier alpha value is -2.16. The van der Waals surface area contributed by atoms with Crippen LogP contribution in [0.2, 0.25) is 10.0 Å². The van der Waals surface area contributed by atoms with Gasteiger partial charge >= 0.3 is 0 Å². The highest BCUT2D eigenvalue weighted by molar-refractivity contribution is 7.13. The summed E-state index contributed by atoms with van der Waals surface area (Å²) < 4.78 is 0. The summed E-state index contributed by atoms with van der Waals surface area (Å²) in [6, 6.07) is 4.66. The molecule has 1 aromatic carbocycles. The molecule has 10 heteroatoms. The molecule has 2 aromatic rings. The van der Waals surface area contributed by atoms with Gasteiger partial charge < -0.3 is 15.1 Å². The van der Waals surface area contributed by atoms with Crippen molar-refractivity contribution in [2.75, 3.05) is 31.5 Å². The van der Waals surface area contributed by atoms with E-state index in [0.29, 0.717) is 33.9 Å². The molecule has 0 spiro atoms. The quantitative estimate of drug-likeness (QED) is 0.527. The van der Waals surface area contributed by atoms with E-state index in [2.05, 4.69) is 17.2 Å². The number of benzene rings is 1. The highest BCUT2D eigenvalue weighted by atomic mass is 35.5. The number of thiazole rings is 1. The summed E-state index contributed by atoms with van der Waals surface area (Å²) in [5.41, 5.74) is 0.925. The summed E-state index contributed by atoms with van der Waals surface area (Å²) in [7, 11) is 0. The lowest BCUT2D eigenvalue weighted by Gasteiger charge is -2.30. The van der Waals surface area contributed by atoms with Gasteiger partial charge in [-0.05, 0) is 42.9 Å². The first-order valence-electron chi connectivity index (χ1n) is 11.4. The van der Waals surface area contributed by atoms with Crippen molar-refractivity contribution < 1.29 is 14.4 Å². The number of halogens is 2. The minimum Gasteiger partial charge on any atom is -0.342 e. The zero-order valence-electron chi connectivity index (χ0n) is 19.6. The van der Waals surface area contributed by atoms with Crippen LogP contribution < -0.4 is 5.32 Å². The molecule has 1 saturated heterocycles. The lowest BCUT2D eigenvalue weighted by molar-refractivity contribution is -0.131. The summed E-state index contributed by atoms with van der Waals surface area (Å²) in [5.74, 6) is 0.160. The van der Waals surface area contributed by atoms with Crippen molar-refractivity contribution in [2.45, 2.75) is 40.0 Å². The predicted molar refractivity (Wildman–Crippen MR) is 137 cm³/mol. The Kier molecular flexibility index (Phi) is 9.33. The zero-order valence-corrected chi connectivity index (χ0v) is 22.0. The second-order valence-electron chi connectivity index (χ2n) is 9.14. The Morgan fingerprint density at radius 3 is 2.59 bits per heavy atom. The lowest BCUT2D eigenvalue weighted by atomic mass is 9.99. The number of aromatic nitrogens is 1. The van der Waals surface area contributed by atoms with Gasteiger partial charge in [-0.25, -0.2) is 4.98 Å². The highest BCUT2D eigenvalue weighted by Crippen LogP contribution is 2.23. The molecule has 1 fully saturated rings. The fraction of sp³-hybridized carbons (Fsp3) is 0.500. The first-order valence-corrected chi connectivity index (χ1v) is 13.0. The highest BCUT2D eigenvalue weighted by Gasteiger charge is 2.24. The molecule has 0 saturated carbocycles. The number of nitrogens with one attached hydrogen (secondary N) is 1. The largest absolute Gasteiger partial charge is 0.342 e. The molecule has 3 amide bonds. The molecule has 34 heavy (non-hydrogen) atoms. The van der Waals surface area contributed by atoms with Crippen molar-refractivity contribution in [3.63, 3.8) is 0 Å². The minimum absolute atomic E-state index is 0.0589. The molecule has 7 nitrogen and oxygen atoms in total. The molecule has 184 valence electrons. The van der Waals surface area contributed by atoms with Crippen molar-refractivity contribution in [1.82, 2.24) is 14.8 Å². The van der Waals surface area contributed by atoms with Crippen LogP contribution in [0.15, 0.2) is 23.6 Å². The summed E-state index contributed by atoms with van der Waals surface area (Å²) in [6.07, 6.45) is 2.27. The van der Waals surface area contributed by atoms with Crippen molar-refractivity contribution in [1.29, 1.82) is 0 Å².